The highest BCUT2D eigenvalue weighted by molar-refractivity contribution is 7.91. The van der Waals surface area contributed by atoms with Crippen LogP contribution in [0.2, 0.25) is 0 Å². The van der Waals surface area contributed by atoms with Crippen molar-refractivity contribution in [3.63, 3.8) is 0 Å². The van der Waals surface area contributed by atoms with Gasteiger partial charge >= 0.3 is 0 Å². The quantitative estimate of drug-likeness (QED) is 0.689. The van der Waals surface area contributed by atoms with E-state index >= 15 is 0 Å². The third-order valence-corrected chi connectivity index (χ3v) is 4.56. The van der Waals surface area contributed by atoms with Gasteiger partial charge in [0.05, 0.1) is 10.6 Å². The Balaban J connectivity index is 2.74. The highest BCUT2D eigenvalue weighted by atomic mass is 32.2. The smallest absolute Gasteiger partial charge is 0.178 e. The van der Waals surface area contributed by atoms with Gasteiger partial charge in [0.1, 0.15) is 0 Å². The van der Waals surface area contributed by atoms with Crippen molar-refractivity contribution in [2.45, 2.75) is 37.9 Å². The summed E-state index contributed by atoms with van der Waals surface area (Å²) >= 11 is 0. The zero-order chi connectivity index (χ0) is 14.4. The molecule has 0 bridgehead atoms. The molecule has 0 radical (unpaired) electrons. The normalized spacial score (nSPS) is 12.6. The van der Waals surface area contributed by atoms with Crippen molar-refractivity contribution in [1.29, 1.82) is 0 Å². The van der Waals surface area contributed by atoms with Crippen molar-refractivity contribution in [3.8, 4) is 0 Å². The SMILES string of the molecule is CCOC(C)(CCS(=O)(=O)c1ccccc1)OCC. The molecule has 0 aromatic heterocycles. The predicted octanol–water partition coefficient (Wildman–Crippen LogP) is 2.64. The Labute approximate surface area is 115 Å². The van der Waals surface area contributed by atoms with E-state index in [2.05, 4.69) is 0 Å². The number of benzene rings is 1. The Kier molecular flexibility index (Phi) is 5.97. The molecule has 0 saturated carbocycles. The van der Waals surface area contributed by atoms with Crippen LogP contribution < -0.4 is 0 Å². The van der Waals surface area contributed by atoms with E-state index in [9.17, 15) is 8.42 Å². The fraction of sp³-hybridized carbons (Fsp3) is 0.571. The zero-order valence-corrected chi connectivity index (χ0v) is 12.6. The van der Waals surface area contributed by atoms with Crippen LogP contribution in [-0.2, 0) is 19.3 Å². The van der Waals surface area contributed by atoms with E-state index in [1.807, 2.05) is 13.8 Å². The predicted molar refractivity (Wildman–Crippen MR) is 74.8 cm³/mol. The molecule has 0 aliphatic carbocycles. The zero-order valence-electron chi connectivity index (χ0n) is 11.8. The molecule has 0 unspecified atom stereocenters. The number of ether oxygens (including phenoxy) is 2. The Morgan fingerprint density at radius 2 is 1.58 bits per heavy atom. The maximum atomic E-state index is 12.2. The standard InChI is InChI=1S/C14H22O4S/c1-4-17-14(3,18-5-2)11-12-19(15,16)13-9-7-6-8-10-13/h6-10H,4-5,11-12H2,1-3H3. The molecule has 0 aliphatic rings. The number of hydrogen-bond donors (Lipinski definition) is 0. The molecule has 108 valence electrons. The van der Waals surface area contributed by atoms with Gasteiger partial charge in [-0.2, -0.15) is 0 Å². The average Bonchev–Trinajstić information content (AvgIpc) is 2.38. The minimum absolute atomic E-state index is 0.00745. The van der Waals surface area contributed by atoms with E-state index in [1.165, 1.54) is 0 Å². The molecule has 5 heteroatoms. The summed E-state index contributed by atoms with van der Waals surface area (Å²) < 4.78 is 35.4. The van der Waals surface area contributed by atoms with Crippen LogP contribution in [0.4, 0.5) is 0 Å². The second-order valence-corrected chi connectivity index (χ2v) is 6.49. The van der Waals surface area contributed by atoms with Crippen LogP contribution in [0.1, 0.15) is 27.2 Å². The Morgan fingerprint density at radius 1 is 1.05 bits per heavy atom. The molecule has 1 aromatic carbocycles. The molecule has 0 saturated heterocycles. The van der Waals surface area contributed by atoms with Crippen molar-refractivity contribution >= 4 is 9.84 Å². The van der Waals surface area contributed by atoms with E-state index in [4.69, 9.17) is 9.47 Å². The van der Waals surface area contributed by atoms with Gasteiger partial charge in [-0.3, -0.25) is 0 Å². The summed E-state index contributed by atoms with van der Waals surface area (Å²) in [6.07, 6.45) is 0.311. The maximum absolute atomic E-state index is 12.2. The van der Waals surface area contributed by atoms with Crippen LogP contribution in [0.15, 0.2) is 35.2 Å². The lowest BCUT2D eigenvalue weighted by Gasteiger charge is -2.29. The maximum Gasteiger partial charge on any atom is 0.178 e. The minimum atomic E-state index is -3.29. The van der Waals surface area contributed by atoms with E-state index < -0.39 is 15.6 Å². The van der Waals surface area contributed by atoms with Crippen molar-refractivity contribution in [2.24, 2.45) is 0 Å². The topological polar surface area (TPSA) is 52.6 Å². The number of sulfone groups is 1. The third kappa shape index (κ3) is 4.93. The first-order chi connectivity index (χ1) is 8.93. The van der Waals surface area contributed by atoms with E-state index in [0.717, 1.165) is 0 Å². The second kappa shape index (κ2) is 7.03. The summed E-state index contributed by atoms with van der Waals surface area (Å²) in [4.78, 5) is 0.338. The minimum Gasteiger partial charge on any atom is -0.350 e. The van der Waals surface area contributed by atoms with E-state index in [1.54, 1.807) is 37.3 Å². The van der Waals surface area contributed by atoms with Gasteiger partial charge in [-0.1, -0.05) is 18.2 Å². The van der Waals surface area contributed by atoms with Crippen LogP contribution in [0, 0.1) is 0 Å². The van der Waals surface area contributed by atoms with Gasteiger partial charge in [0.15, 0.2) is 15.6 Å². The largest absolute Gasteiger partial charge is 0.350 e. The summed E-state index contributed by atoms with van der Waals surface area (Å²) in [7, 11) is -3.29. The summed E-state index contributed by atoms with van der Waals surface area (Å²) in [6.45, 7) is 6.48. The Morgan fingerprint density at radius 3 is 2.05 bits per heavy atom. The molecule has 0 heterocycles. The molecule has 19 heavy (non-hydrogen) atoms. The molecule has 0 atom stereocenters. The van der Waals surface area contributed by atoms with Gasteiger partial charge in [0.25, 0.3) is 0 Å². The summed E-state index contributed by atoms with van der Waals surface area (Å²) in [5.41, 5.74) is 0. The highest BCUT2D eigenvalue weighted by Crippen LogP contribution is 2.21. The van der Waals surface area contributed by atoms with Gasteiger partial charge < -0.3 is 9.47 Å². The summed E-state index contributed by atoms with van der Waals surface area (Å²) in [6, 6.07) is 8.44. The monoisotopic (exact) mass is 286 g/mol. The Hall–Kier alpha value is -0.910. The van der Waals surface area contributed by atoms with Crippen molar-refractivity contribution < 1.29 is 17.9 Å². The second-order valence-electron chi connectivity index (χ2n) is 4.38. The van der Waals surface area contributed by atoms with Crippen molar-refractivity contribution in [1.82, 2.24) is 0 Å². The first-order valence-electron chi connectivity index (χ1n) is 6.49. The van der Waals surface area contributed by atoms with Gasteiger partial charge in [-0.05, 0) is 32.9 Å². The Bertz CT molecular complexity index is 461. The van der Waals surface area contributed by atoms with Crippen molar-refractivity contribution in [3.05, 3.63) is 30.3 Å². The van der Waals surface area contributed by atoms with E-state index in [0.29, 0.717) is 24.5 Å². The number of rotatable bonds is 8. The summed E-state index contributed by atoms with van der Waals surface area (Å²) in [5.74, 6) is -0.834. The molecule has 1 rings (SSSR count). The van der Waals surface area contributed by atoms with Gasteiger partial charge in [-0.15, -0.1) is 0 Å². The molecule has 0 aliphatic heterocycles. The van der Waals surface area contributed by atoms with Gasteiger partial charge in [-0.25, -0.2) is 8.42 Å². The molecular formula is C14H22O4S. The van der Waals surface area contributed by atoms with Crippen LogP contribution in [-0.4, -0.2) is 33.2 Å². The summed E-state index contributed by atoms with van der Waals surface area (Å²) in [5, 5.41) is 0. The molecule has 1 aromatic rings. The lowest BCUT2D eigenvalue weighted by molar-refractivity contribution is -0.221. The van der Waals surface area contributed by atoms with Crippen LogP contribution in [0.25, 0.3) is 0 Å². The molecule has 0 N–H and O–H groups in total. The lowest BCUT2D eigenvalue weighted by atomic mass is 10.2. The van der Waals surface area contributed by atoms with E-state index in [-0.39, 0.29) is 5.75 Å². The lowest BCUT2D eigenvalue weighted by Crippen LogP contribution is -2.34. The van der Waals surface area contributed by atoms with Gasteiger partial charge in [0, 0.05) is 19.6 Å². The van der Waals surface area contributed by atoms with Crippen LogP contribution in [0.5, 0.6) is 0 Å². The fourth-order valence-corrected chi connectivity index (χ4v) is 3.31. The number of hydrogen-bond acceptors (Lipinski definition) is 4. The first kappa shape index (κ1) is 16.1. The highest BCUT2D eigenvalue weighted by Gasteiger charge is 2.28. The molecule has 0 spiro atoms. The average molecular weight is 286 g/mol. The molecule has 4 nitrogen and oxygen atoms in total. The van der Waals surface area contributed by atoms with Crippen molar-refractivity contribution in [2.75, 3.05) is 19.0 Å². The molecule has 0 amide bonds. The fourth-order valence-electron chi connectivity index (χ4n) is 1.86. The third-order valence-electron chi connectivity index (χ3n) is 2.83. The first-order valence-corrected chi connectivity index (χ1v) is 8.14. The van der Waals surface area contributed by atoms with Gasteiger partial charge in [0.2, 0.25) is 0 Å². The molecular weight excluding hydrogens is 264 g/mol. The van der Waals surface area contributed by atoms with Crippen LogP contribution >= 0.6 is 0 Å². The van der Waals surface area contributed by atoms with Crippen LogP contribution in [0.3, 0.4) is 0 Å². The molecule has 0 fully saturated rings.